The van der Waals surface area contributed by atoms with Gasteiger partial charge in [0.15, 0.2) is 0 Å². The van der Waals surface area contributed by atoms with E-state index in [1.165, 1.54) is 0 Å². The zero-order chi connectivity index (χ0) is 14.5. The molecule has 1 N–H and O–H groups in total. The predicted molar refractivity (Wildman–Crippen MR) is 56.2 cm³/mol. The molecule has 2 aliphatic carbocycles. The summed E-state index contributed by atoms with van der Waals surface area (Å²) in [6.45, 7) is 0. The van der Waals surface area contributed by atoms with E-state index in [2.05, 4.69) is 4.18 Å². The predicted octanol–water partition coefficient (Wildman–Crippen LogP) is 2.01. The third kappa shape index (κ3) is 2.31. The molecule has 2 atom stereocenters. The van der Waals surface area contributed by atoms with E-state index < -0.39 is 32.9 Å². The van der Waals surface area contributed by atoms with E-state index in [1.807, 2.05) is 0 Å². The third-order valence-electron chi connectivity index (χ3n) is 3.65. The molecule has 2 rings (SSSR count). The number of carbonyl (C=O) groups is 1. The van der Waals surface area contributed by atoms with E-state index >= 15 is 0 Å². The van der Waals surface area contributed by atoms with Crippen LogP contribution in [-0.4, -0.2) is 25.0 Å². The molecule has 19 heavy (non-hydrogen) atoms. The van der Waals surface area contributed by atoms with Crippen LogP contribution in [0.25, 0.3) is 0 Å². The Labute approximate surface area is 107 Å². The number of fused-ring (bicyclic) bond motifs is 2. The van der Waals surface area contributed by atoms with Crippen LogP contribution in [0.5, 0.6) is 0 Å². The Hall–Kier alpha value is -1.25. The normalized spacial score (nSPS) is 30.9. The van der Waals surface area contributed by atoms with Crippen molar-refractivity contribution >= 4 is 16.1 Å². The average molecular weight is 300 g/mol. The maximum atomic E-state index is 12.2. The molecule has 0 aliphatic heterocycles. The molecule has 5 nitrogen and oxygen atoms in total. The highest BCUT2D eigenvalue weighted by atomic mass is 32.2. The molecule has 0 saturated heterocycles. The lowest BCUT2D eigenvalue weighted by Crippen LogP contribution is -2.32. The molecule has 0 radical (unpaired) electrons. The number of carboxylic acids is 1. The molecule has 2 unspecified atom stereocenters. The Balaban J connectivity index is 2.20. The van der Waals surface area contributed by atoms with Gasteiger partial charge in [0.2, 0.25) is 0 Å². The lowest BCUT2D eigenvalue weighted by atomic mass is 9.78. The van der Waals surface area contributed by atoms with Crippen LogP contribution >= 0.6 is 0 Å². The Morgan fingerprint density at radius 1 is 1.47 bits per heavy atom. The van der Waals surface area contributed by atoms with E-state index in [4.69, 9.17) is 5.11 Å². The summed E-state index contributed by atoms with van der Waals surface area (Å²) in [6.07, 6.45) is 1.87. The van der Waals surface area contributed by atoms with Crippen LogP contribution in [0.1, 0.15) is 25.7 Å². The fraction of sp³-hybridized carbons (Fsp3) is 0.700. The van der Waals surface area contributed by atoms with Crippen LogP contribution in [0.3, 0.4) is 0 Å². The van der Waals surface area contributed by atoms with Gasteiger partial charge in [0.05, 0.1) is 5.41 Å². The van der Waals surface area contributed by atoms with Gasteiger partial charge in [-0.05, 0) is 31.8 Å². The molecule has 1 fully saturated rings. The molecule has 1 saturated carbocycles. The maximum Gasteiger partial charge on any atom is 0.534 e. The van der Waals surface area contributed by atoms with Crippen LogP contribution in [-0.2, 0) is 19.1 Å². The van der Waals surface area contributed by atoms with E-state index in [9.17, 15) is 26.4 Å². The molecule has 0 aromatic rings. The van der Waals surface area contributed by atoms with Crippen molar-refractivity contribution in [2.75, 3.05) is 0 Å². The second kappa shape index (κ2) is 4.12. The van der Waals surface area contributed by atoms with Gasteiger partial charge in [-0.15, -0.1) is 0 Å². The van der Waals surface area contributed by atoms with E-state index in [-0.39, 0.29) is 18.6 Å². The smallest absolute Gasteiger partial charge is 0.481 e. The van der Waals surface area contributed by atoms with Crippen LogP contribution in [0.2, 0.25) is 0 Å². The van der Waals surface area contributed by atoms with Gasteiger partial charge >= 0.3 is 21.6 Å². The fourth-order valence-corrected chi connectivity index (χ4v) is 3.13. The minimum Gasteiger partial charge on any atom is -0.481 e. The van der Waals surface area contributed by atoms with Crippen molar-refractivity contribution in [2.24, 2.45) is 11.3 Å². The highest BCUT2D eigenvalue weighted by Crippen LogP contribution is 2.52. The number of alkyl halides is 3. The van der Waals surface area contributed by atoms with Gasteiger partial charge in [0.25, 0.3) is 0 Å². The van der Waals surface area contributed by atoms with Gasteiger partial charge < -0.3 is 9.29 Å². The largest absolute Gasteiger partial charge is 0.534 e. The molecule has 108 valence electrons. The van der Waals surface area contributed by atoms with E-state index in [1.54, 1.807) is 0 Å². The van der Waals surface area contributed by atoms with Crippen molar-refractivity contribution in [1.29, 1.82) is 0 Å². The van der Waals surface area contributed by atoms with Gasteiger partial charge in [-0.25, -0.2) is 0 Å². The van der Waals surface area contributed by atoms with Crippen LogP contribution in [0.4, 0.5) is 13.2 Å². The fourth-order valence-electron chi connectivity index (χ4n) is 2.57. The Morgan fingerprint density at radius 2 is 2.11 bits per heavy atom. The van der Waals surface area contributed by atoms with Crippen molar-refractivity contribution in [3.63, 3.8) is 0 Å². The molecular formula is C10H11F3O5S. The average Bonchev–Trinajstić information content (AvgIpc) is 2.61. The third-order valence-corrected chi connectivity index (χ3v) is 4.63. The van der Waals surface area contributed by atoms with E-state index in [0.717, 1.165) is 6.08 Å². The highest BCUT2D eigenvalue weighted by Gasteiger charge is 2.53. The summed E-state index contributed by atoms with van der Waals surface area (Å²) >= 11 is 0. The second-order valence-corrected chi connectivity index (χ2v) is 6.36. The topological polar surface area (TPSA) is 80.7 Å². The summed E-state index contributed by atoms with van der Waals surface area (Å²) < 4.78 is 62.5. The van der Waals surface area contributed by atoms with Crippen molar-refractivity contribution < 1.29 is 35.7 Å². The van der Waals surface area contributed by atoms with Crippen LogP contribution in [0, 0.1) is 11.3 Å². The Kier molecular flexibility index (Phi) is 3.07. The van der Waals surface area contributed by atoms with Crippen molar-refractivity contribution in [3.8, 4) is 0 Å². The Morgan fingerprint density at radius 3 is 2.63 bits per heavy atom. The van der Waals surface area contributed by atoms with Crippen molar-refractivity contribution in [2.45, 2.75) is 31.2 Å². The lowest BCUT2D eigenvalue weighted by molar-refractivity contribution is -0.148. The van der Waals surface area contributed by atoms with Gasteiger partial charge in [0, 0.05) is 5.92 Å². The number of aliphatic carboxylic acids is 1. The monoisotopic (exact) mass is 300 g/mol. The van der Waals surface area contributed by atoms with Gasteiger partial charge in [0.1, 0.15) is 5.76 Å². The second-order valence-electron chi connectivity index (χ2n) is 4.82. The highest BCUT2D eigenvalue weighted by molar-refractivity contribution is 7.87. The quantitative estimate of drug-likeness (QED) is 0.637. The number of carboxylic acid groups (broad SMARTS) is 1. The first-order valence-corrected chi connectivity index (χ1v) is 6.92. The zero-order valence-electron chi connectivity index (χ0n) is 9.61. The first-order chi connectivity index (χ1) is 8.57. The van der Waals surface area contributed by atoms with Crippen molar-refractivity contribution in [1.82, 2.24) is 0 Å². The summed E-state index contributed by atoms with van der Waals surface area (Å²) in [5.41, 5.74) is -6.46. The summed E-state index contributed by atoms with van der Waals surface area (Å²) in [4.78, 5) is 11.1. The summed E-state index contributed by atoms with van der Waals surface area (Å²) in [5.74, 6) is -1.88. The summed E-state index contributed by atoms with van der Waals surface area (Å²) in [6, 6.07) is 0. The molecule has 0 spiro atoms. The van der Waals surface area contributed by atoms with Crippen LogP contribution in [0.15, 0.2) is 11.8 Å². The number of rotatable bonds is 3. The van der Waals surface area contributed by atoms with Gasteiger partial charge in [-0.1, -0.05) is 0 Å². The number of halogens is 3. The minimum absolute atomic E-state index is 0.0124. The van der Waals surface area contributed by atoms with Crippen LogP contribution < -0.4 is 0 Å². The summed E-state index contributed by atoms with van der Waals surface area (Å²) in [7, 11) is -5.68. The molecule has 0 amide bonds. The molecule has 9 heteroatoms. The maximum absolute atomic E-state index is 12.2. The minimum atomic E-state index is -5.68. The first-order valence-electron chi connectivity index (χ1n) is 5.52. The standard InChI is InChI=1S/C10H11F3O5S/c11-10(12,13)19(16,17)18-7-2-4-9(8(14)15)3-1-6(7)5-9/h2,6H,1,3-5H2,(H,14,15). The van der Waals surface area contributed by atoms with Gasteiger partial charge in [-0.3, -0.25) is 4.79 Å². The molecule has 2 aliphatic rings. The number of allylic oxidation sites excluding steroid dienone is 2. The number of hydrogen-bond acceptors (Lipinski definition) is 4. The molecule has 0 aromatic heterocycles. The van der Waals surface area contributed by atoms with Crippen molar-refractivity contribution in [3.05, 3.63) is 11.8 Å². The molecule has 0 aromatic carbocycles. The lowest BCUT2D eigenvalue weighted by Gasteiger charge is -2.27. The molecule has 2 bridgehead atoms. The molecular weight excluding hydrogens is 289 g/mol. The summed E-state index contributed by atoms with van der Waals surface area (Å²) in [5, 5.41) is 9.10. The zero-order valence-corrected chi connectivity index (χ0v) is 10.4. The SMILES string of the molecule is O=C(O)C12CC=C(OS(=O)(=O)C(F)(F)F)C(CC1)C2. The number of hydrogen-bond donors (Lipinski definition) is 1. The van der Waals surface area contributed by atoms with E-state index in [0.29, 0.717) is 12.8 Å². The Bertz CT molecular complexity index is 536. The first kappa shape index (κ1) is 14.2. The molecule has 0 heterocycles. The van der Waals surface area contributed by atoms with Gasteiger partial charge in [-0.2, -0.15) is 21.6 Å².